The average Bonchev–Trinajstić information content (AvgIpc) is 3.22. The Morgan fingerprint density at radius 3 is 2.79 bits per heavy atom. The van der Waals surface area contributed by atoms with Gasteiger partial charge in [-0.1, -0.05) is 23.4 Å². The van der Waals surface area contributed by atoms with Gasteiger partial charge in [0, 0.05) is 24.5 Å². The number of nitrogens with one attached hydrogen (secondary N) is 1. The van der Waals surface area contributed by atoms with Crippen molar-refractivity contribution in [2.45, 2.75) is 24.9 Å². The van der Waals surface area contributed by atoms with Gasteiger partial charge in [0.1, 0.15) is 29.2 Å². The van der Waals surface area contributed by atoms with Crippen LogP contribution in [0.3, 0.4) is 0 Å². The van der Waals surface area contributed by atoms with Crippen LogP contribution in [0.15, 0.2) is 53.4 Å². The summed E-state index contributed by atoms with van der Waals surface area (Å²) in [6.07, 6.45) is 3.84. The van der Waals surface area contributed by atoms with Crippen LogP contribution < -0.4 is 11.1 Å². The van der Waals surface area contributed by atoms with Gasteiger partial charge in [-0.15, -0.1) is 0 Å². The van der Waals surface area contributed by atoms with Gasteiger partial charge in [-0.2, -0.15) is 5.10 Å². The Kier molecular flexibility index (Phi) is 4.82. The quantitative estimate of drug-likeness (QED) is 0.437. The van der Waals surface area contributed by atoms with E-state index >= 15 is 0 Å². The maximum absolute atomic E-state index is 14.2. The number of nitrogens with zero attached hydrogens (tertiary/aromatic N) is 6. The third-order valence-electron chi connectivity index (χ3n) is 5.41. The average molecular weight is 444 g/mol. The van der Waals surface area contributed by atoms with Gasteiger partial charge >= 0.3 is 11.4 Å². The highest BCUT2D eigenvalue weighted by atomic mass is 19.1. The van der Waals surface area contributed by atoms with E-state index in [0.717, 1.165) is 0 Å². The van der Waals surface area contributed by atoms with Crippen LogP contribution in [-0.2, 0) is 11.3 Å². The lowest BCUT2D eigenvalue weighted by atomic mass is 10.2. The number of rotatable bonds is 6. The fraction of sp³-hybridized carbons (Fsp3) is 0.182. The second kappa shape index (κ2) is 7.83. The molecule has 0 unspecified atom stereocenters. The van der Waals surface area contributed by atoms with Crippen molar-refractivity contribution >= 4 is 17.4 Å². The number of carbonyl (C=O) groups is 1. The standard InChI is InChI=1S/C22H17FN8O2/c1-25-22(7-8-22)21(32)27-17-11-26-20(28-19(17)24)16-10-18(15-6-9-33-30-15)31(29-16)12-13-4-2-3-5-14(13)23/h2-6,9-11H,7-8,12H2,(H,27,32)(H2,24,26,28). The molecular weight excluding hydrogens is 427 g/mol. The Labute approximate surface area is 187 Å². The summed E-state index contributed by atoms with van der Waals surface area (Å²) in [6, 6.07) is 9.78. The van der Waals surface area contributed by atoms with Crippen molar-refractivity contribution < 1.29 is 13.7 Å². The molecule has 11 heteroatoms. The minimum absolute atomic E-state index is 0.0424. The van der Waals surface area contributed by atoms with Gasteiger partial charge in [0.25, 0.3) is 0 Å². The van der Waals surface area contributed by atoms with Gasteiger partial charge < -0.3 is 15.6 Å². The highest BCUT2D eigenvalue weighted by molar-refractivity contribution is 6.03. The number of anilines is 2. The zero-order chi connectivity index (χ0) is 23.0. The maximum atomic E-state index is 14.2. The van der Waals surface area contributed by atoms with Crippen LogP contribution in [-0.4, -0.2) is 36.4 Å². The first-order valence-corrected chi connectivity index (χ1v) is 10.0. The zero-order valence-electron chi connectivity index (χ0n) is 17.2. The molecule has 0 saturated heterocycles. The fourth-order valence-electron chi connectivity index (χ4n) is 3.35. The molecule has 3 heterocycles. The number of hydrogen-bond acceptors (Lipinski definition) is 7. The van der Waals surface area contributed by atoms with Gasteiger partial charge in [-0.05, 0) is 12.1 Å². The summed E-state index contributed by atoms with van der Waals surface area (Å²) in [7, 11) is 0. The molecule has 1 aliphatic rings. The summed E-state index contributed by atoms with van der Waals surface area (Å²) < 4.78 is 20.8. The van der Waals surface area contributed by atoms with Crippen LogP contribution in [0.25, 0.3) is 27.8 Å². The predicted octanol–water partition coefficient (Wildman–Crippen LogP) is 3.16. The molecule has 33 heavy (non-hydrogen) atoms. The Bertz CT molecular complexity index is 1390. The number of nitrogen functional groups attached to an aromatic ring is 1. The first-order valence-electron chi connectivity index (χ1n) is 10.0. The van der Waals surface area contributed by atoms with Crippen LogP contribution in [0.1, 0.15) is 18.4 Å². The van der Waals surface area contributed by atoms with Gasteiger partial charge in [0.2, 0.25) is 0 Å². The predicted molar refractivity (Wildman–Crippen MR) is 116 cm³/mol. The molecule has 1 saturated carbocycles. The van der Waals surface area contributed by atoms with E-state index in [4.69, 9.17) is 16.8 Å². The van der Waals surface area contributed by atoms with E-state index in [1.165, 1.54) is 18.5 Å². The largest absolute Gasteiger partial charge is 0.382 e. The summed E-state index contributed by atoms with van der Waals surface area (Å²) in [5.74, 6) is -0.508. The molecule has 0 spiro atoms. The molecule has 10 nitrogen and oxygen atoms in total. The lowest BCUT2D eigenvalue weighted by Gasteiger charge is -2.08. The molecular formula is C22H17FN8O2. The van der Waals surface area contributed by atoms with E-state index in [-0.39, 0.29) is 29.7 Å². The second-order valence-electron chi connectivity index (χ2n) is 7.64. The number of carbonyl (C=O) groups excluding carboxylic acids is 1. The lowest BCUT2D eigenvalue weighted by Crippen LogP contribution is -2.27. The first kappa shape index (κ1) is 20.3. The van der Waals surface area contributed by atoms with Gasteiger partial charge in [-0.3, -0.25) is 14.3 Å². The topological polar surface area (TPSA) is 129 Å². The van der Waals surface area contributed by atoms with Gasteiger partial charge in [0.05, 0.1) is 18.4 Å². The number of halogens is 1. The number of aromatic nitrogens is 5. The van der Waals surface area contributed by atoms with Crippen molar-refractivity contribution in [1.29, 1.82) is 0 Å². The molecule has 4 aromatic rings. The fourth-order valence-corrected chi connectivity index (χ4v) is 3.35. The first-order chi connectivity index (χ1) is 16.0. The van der Waals surface area contributed by atoms with Crippen LogP contribution in [0, 0.1) is 12.4 Å². The molecule has 1 aliphatic carbocycles. The van der Waals surface area contributed by atoms with E-state index in [1.807, 2.05) is 0 Å². The third-order valence-corrected chi connectivity index (χ3v) is 5.41. The van der Waals surface area contributed by atoms with E-state index in [2.05, 4.69) is 30.4 Å². The van der Waals surface area contributed by atoms with Crippen LogP contribution >= 0.6 is 0 Å². The van der Waals surface area contributed by atoms with Crippen molar-refractivity contribution in [3.63, 3.8) is 0 Å². The molecule has 0 bridgehead atoms. The van der Waals surface area contributed by atoms with Crippen molar-refractivity contribution in [3.05, 3.63) is 71.7 Å². The molecule has 0 radical (unpaired) electrons. The van der Waals surface area contributed by atoms with E-state index in [9.17, 15) is 9.18 Å². The SMILES string of the molecule is [C-]#[N+]C1(C(=O)Nc2cnc(-c3cc(-c4ccon4)n(Cc4ccccc4F)n3)nc2N)CC1. The number of nitrogens with two attached hydrogens (primary N) is 1. The lowest BCUT2D eigenvalue weighted by molar-refractivity contribution is -0.117. The summed E-state index contributed by atoms with van der Waals surface area (Å²) in [5, 5.41) is 11.1. The molecule has 1 aromatic carbocycles. The number of benzene rings is 1. The Morgan fingerprint density at radius 2 is 2.12 bits per heavy atom. The molecule has 5 rings (SSSR count). The van der Waals surface area contributed by atoms with Crippen LogP contribution in [0.5, 0.6) is 0 Å². The maximum Gasteiger partial charge on any atom is 0.310 e. The number of hydrogen-bond donors (Lipinski definition) is 2. The number of amides is 1. The second-order valence-corrected chi connectivity index (χ2v) is 7.64. The van der Waals surface area contributed by atoms with Crippen molar-refractivity contribution in [2.75, 3.05) is 11.1 Å². The van der Waals surface area contributed by atoms with Crippen molar-refractivity contribution in [3.8, 4) is 22.9 Å². The van der Waals surface area contributed by atoms with Crippen molar-refractivity contribution in [1.82, 2.24) is 24.9 Å². The normalized spacial score (nSPS) is 13.9. The molecule has 1 fully saturated rings. The highest BCUT2D eigenvalue weighted by Crippen LogP contribution is 2.41. The Balaban J connectivity index is 1.47. The molecule has 1 amide bonds. The smallest absolute Gasteiger partial charge is 0.310 e. The minimum atomic E-state index is -1.01. The van der Waals surface area contributed by atoms with Gasteiger partial charge in [0.15, 0.2) is 11.6 Å². The molecule has 3 N–H and O–H groups in total. The van der Waals surface area contributed by atoms with E-state index < -0.39 is 11.4 Å². The molecule has 0 aliphatic heterocycles. The summed E-state index contributed by atoms with van der Waals surface area (Å²) in [4.78, 5) is 24.3. The van der Waals surface area contributed by atoms with Crippen LogP contribution in [0.2, 0.25) is 0 Å². The summed E-state index contributed by atoms with van der Waals surface area (Å²) in [5.41, 5.74) is 7.17. The monoisotopic (exact) mass is 444 g/mol. The van der Waals surface area contributed by atoms with Crippen molar-refractivity contribution in [2.24, 2.45) is 0 Å². The molecule has 164 valence electrons. The summed E-state index contributed by atoms with van der Waals surface area (Å²) in [6.45, 7) is 7.35. The van der Waals surface area contributed by atoms with E-state index in [1.54, 1.807) is 35.0 Å². The summed E-state index contributed by atoms with van der Waals surface area (Å²) >= 11 is 0. The van der Waals surface area contributed by atoms with Gasteiger partial charge in [-0.25, -0.2) is 20.9 Å². The van der Waals surface area contributed by atoms with Crippen LogP contribution in [0.4, 0.5) is 15.9 Å². The Hall–Kier alpha value is -4.59. The minimum Gasteiger partial charge on any atom is -0.382 e. The highest BCUT2D eigenvalue weighted by Gasteiger charge is 2.58. The zero-order valence-corrected chi connectivity index (χ0v) is 17.2. The van der Waals surface area contributed by atoms with E-state index in [0.29, 0.717) is 35.5 Å². The Morgan fingerprint density at radius 1 is 1.30 bits per heavy atom. The molecule has 3 aromatic heterocycles. The molecule has 0 atom stereocenters. The third kappa shape index (κ3) is 3.78.